The normalized spacial score (nSPS) is 14.1. The van der Waals surface area contributed by atoms with Crippen molar-refractivity contribution in [3.05, 3.63) is 92.7 Å². The lowest BCUT2D eigenvalue weighted by molar-refractivity contribution is -0.127. The number of carbonyl (C=O) groups excluding carboxylic acids is 3. The summed E-state index contributed by atoms with van der Waals surface area (Å²) in [6.45, 7) is 1.88. The van der Waals surface area contributed by atoms with Gasteiger partial charge in [0.1, 0.15) is 18.8 Å². The lowest BCUT2D eigenvalue weighted by Gasteiger charge is -2.12. The zero-order chi connectivity index (χ0) is 25.7. The maximum Gasteiger partial charge on any atom is 0.329 e. The highest BCUT2D eigenvalue weighted by Crippen LogP contribution is 2.30. The minimum absolute atomic E-state index is 0.0676. The van der Waals surface area contributed by atoms with Crippen LogP contribution in [0.3, 0.4) is 0 Å². The number of carbonyl (C=O) groups is 3. The van der Waals surface area contributed by atoms with E-state index in [1.807, 2.05) is 43.3 Å². The number of nitrogens with zero attached hydrogens (tertiary/aromatic N) is 1. The van der Waals surface area contributed by atoms with E-state index in [0.29, 0.717) is 29.4 Å². The number of ether oxygens (including phenoxy) is 2. The molecule has 184 valence electrons. The maximum atomic E-state index is 12.8. The van der Waals surface area contributed by atoms with Gasteiger partial charge in [0, 0.05) is 9.26 Å². The number of urea groups is 1. The second-order valence-electron chi connectivity index (χ2n) is 8.12. The molecule has 0 saturated carbocycles. The highest BCUT2D eigenvalue weighted by Gasteiger charge is 2.35. The molecular formula is C27H24IN3O5. The Morgan fingerprint density at radius 3 is 2.56 bits per heavy atom. The van der Waals surface area contributed by atoms with Crippen LogP contribution in [0, 0.1) is 10.5 Å². The Hall–Kier alpha value is -3.86. The van der Waals surface area contributed by atoms with E-state index in [1.165, 1.54) is 13.2 Å². The first kappa shape index (κ1) is 25.2. The van der Waals surface area contributed by atoms with Crippen molar-refractivity contribution in [3.63, 3.8) is 0 Å². The molecule has 0 bridgehead atoms. The first-order valence-electron chi connectivity index (χ1n) is 11.1. The molecule has 2 N–H and O–H groups in total. The van der Waals surface area contributed by atoms with Crippen LogP contribution in [0.25, 0.3) is 6.08 Å². The molecule has 8 nitrogen and oxygen atoms in total. The highest BCUT2D eigenvalue weighted by atomic mass is 127. The van der Waals surface area contributed by atoms with E-state index in [-0.39, 0.29) is 5.70 Å². The second-order valence-corrected chi connectivity index (χ2v) is 9.37. The molecule has 9 heteroatoms. The molecule has 4 amide bonds. The second kappa shape index (κ2) is 11.3. The molecule has 3 aromatic rings. The molecule has 1 saturated heterocycles. The molecule has 36 heavy (non-hydrogen) atoms. The minimum atomic E-state index is -0.657. The number of aryl methyl sites for hydroxylation is 1. The fourth-order valence-electron chi connectivity index (χ4n) is 3.58. The van der Waals surface area contributed by atoms with Crippen molar-refractivity contribution in [2.24, 2.45) is 0 Å². The third-order valence-electron chi connectivity index (χ3n) is 5.37. The summed E-state index contributed by atoms with van der Waals surface area (Å²) >= 11 is 2.25. The van der Waals surface area contributed by atoms with E-state index in [2.05, 4.69) is 33.2 Å². The van der Waals surface area contributed by atoms with Crippen LogP contribution in [-0.4, -0.2) is 36.4 Å². The number of amides is 4. The Kier molecular flexibility index (Phi) is 7.89. The topological polar surface area (TPSA) is 97.0 Å². The van der Waals surface area contributed by atoms with Gasteiger partial charge in [-0.05, 0) is 88.7 Å². The monoisotopic (exact) mass is 597 g/mol. The molecule has 0 spiro atoms. The number of hydrogen-bond acceptors (Lipinski definition) is 5. The van der Waals surface area contributed by atoms with Crippen LogP contribution in [0.2, 0.25) is 0 Å². The van der Waals surface area contributed by atoms with Gasteiger partial charge in [0.25, 0.3) is 5.91 Å². The number of rotatable bonds is 8. The smallest absolute Gasteiger partial charge is 0.329 e. The van der Waals surface area contributed by atoms with E-state index < -0.39 is 24.4 Å². The molecule has 0 radical (unpaired) electrons. The Morgan fingerprint density at radius 1 is 1.06 bits per heavy atom. The van der Waals surface area contributed by atoms with Crippen molar-refractivity contribution < 1.29 is 23.9 Å². The average molecular weight is 597 g/mol. The van der Waals surface area contributed by atoms with Crippen LogP contribution in [0.5, 0.6) is 11.5 Å². The number of methoxy groups -OCH3 is 1. The maximum absolute atomic E-state index is 12.8. The lowest BCUT2D eigenvalue weighted by Crippen LogP contribution is -2.38. The third-order valence-corrected chi connectivity index (χ3v) is 6.09. The number of hydrogen-bond donors (Lipinski definition) is 2. The van der Waals surface area contributed by atoms with Crippen LogP contribution < -0.4 is 20.1 Å². The van der Waals surface area contributed by atoms with Gasteiger partial charge in [-0.15, -0.1) is 0 Å². The SMILES string of the molecule is COc1cc(/C=C2/NC(=O)N(CC(=O)Nc3cccc(C)c3)C2=O)ccc1OCc1ccc(I)cc1. The molecule has 3 aromatic carbocycles. The van der Waals surface area contributed by atoms with Gasteiger partial charge < -0.3 is 20.1 Å². The largest absolute Gasteiger partial charge is 0.493 e. The summed E-state index contributed by atoms with van der Waals surface area (Å²) < 4.78 is 12.5. The van der Waals surface area contributed by atoms with Gasteiger partial charge in [0.15, 0.2) is 11.5 Å². The minimum Gasteiger partial charge on any atom is -0.493 e. The van der Waals surface area contributed by atoms with Gasteiger partial charge in [-0.2, -0.15) is 0 Å². The van der Waals surface area contributed by atoms with Crippen molar-refractivity contribution >= 4 is 52.2 Å². The Morgan fingerprint density at radius 2 is 1.83 bits per heavy atom. The van der Waals surface area contributed by atoms with Gasteiger partial charge in [-0.25, -0.2) is 9.69 Å². The number of nitrogens with one attached hydrogen (secondary N) is 2. The third kappa shape index (κ3) is 6.22. The van der Waals surface area contributed by atoms with Gasteiger partial charge in [-0.3, -0.25) is 9.59 Å². The molecule has 0 aliphatic carbocycles. The molecule has 0 unspecified atom stereocenters. The molecular weight excluding hydrogens is 573 g/mol. The number of anilines is 1. The predicted octanol–water partition coefficient (Wildman–Crippen LogP) is 4.72. The lowest BCUT2D eigenvalue weighted by atomic mass is 10.1. The molecule has 1 fully saturated rings. The number of imide groups is 1. The summed E-state index contributed by atoms with van der Waals surface area (Å²) in [6.07, 6.45) is 1.53. The fraction of sp³-hybridized carbons (Fsp3) is 0.148. The van der Waals surface area contributed by atoms with Crippen molar-refractivity contribution in [2.45, 2.75) is 13.5 Å². The average Bonchev–Trinajstić information content (AvgIpc) is 3.11. The predicted molar refractivity (Wildman–Crippen MR) is 145 cm³/mol. The van der Waals surface area contributed by atoms with Crippen LogP contribution in [0.1, 0.15) is 16.7 Å². The summed E-state index contributed by atoms with van der Waals surface area (Å²) in [4.78, 5) is 38.4. The van der Waals surface area contributed by atoms with Crippen molar-refractivity contribution in [3.8, 4) is 11.5 Å². The van der Waals surface area contributed by atoms with E-state index in [1.54, 1.807) is 30.3 Å². The van der Waals surface area contributed by atoms with Crippen molar-refractivity contribution in [1.82, 2.24) is 10.2 Å². The first-order chi connectivity index (χ1) is 17.3. The summed E-state index contributed by atoms with van der Waals surface area (Å²) in [5, 5.41) is 5.23. The molecule has 1 heterocycles. The quantitative estimate of drug-likeness (QED) is 0.223. The van der Waals surface area contributed by atoms with Gasteiger partial charge in [0.05, 0.1) is 7.11 Å². The summed E-state index contributed by atoms with van der Waals surface area (Å²) in [7, 11) is 1.53. The highest BCUT2D eigenvalue weighted by molar-refractivity contribution is 14.1. The Bertz CT molecular complexity index is 1340. The van der Waals surface area contributed by atoms with Crippen LogP contribution in [0.15, 0.2) is 72.4 Å². The molecule has 1 aliphatic heterocycles. The Labute approximate surface area is 222 Å². The van der Waals surface area contributed by atoms with E-state index in [0.717, 1.165) is 19.6 Å². The van der Waals surface area contributed by atoms with Crippen molar-refractivity contribution in [2.75, 3.05) is 19.0 Å². The van der Waals surface area contributed by atoms with Gasteiger partial charge in [0.2, 0.25) is 5.91 Å². The zero-order valence-electron chi connectivity index (χ0n) is 19.7. The Balaban J connectivity index is 1.42. The van der Waals surface area contributed by atoms with Gasteiger partial charge in [-0.1, -0.05) is 30.3 Å². The van der Waals surface area contributed by atoms with Crippen LogP contribution in [-0.2, 0) is 16.2 Å². The van der Waals surface area contributed by atoms with Crippen LogP contribution >= 0.6 is 22.6 Å². The summed E-state index contributed by atoms with van der Waals surface area (Å²) in [5.41, 5.74) is 3.30. The van der Waals surface area contributed by atoms with Crippen molar-refractivity contribution in [1.29, 1.82) is 0 Å². The van der Waals surface area contributed by atoms with Gasteiger partial charge >= 0.3 is 6.03 Å². The van der Waals surface area contributed by atoms with E-state index in [4.69, 9.17) is 9.47 Å². The van der Waals surface area contributed by atoms with E-state index >= 15 is 0 Å². The molecule has 0 aromatic heterocycles. The van der Waals surface area contributed by atoms with Crippen LogP contribution in [0.4, 0.5) is 10.5 Å². The molecule has 4 rings (SSSR count). The number of halogens is 1. The summed E-state index contributed by atoms with van der Waals surface area (Å²) in [5.74, 6) is -0.0190. The fourth-order valence-corrected chi connectivity index (χ4v) is 3.94. The molecule has 1 aliphatic rings. The first-order valence-corrected chi connectivity index (χ1v) is 12.2. The summed E-state index contributed by atoms with van der Waals surface area (Å²) in [6, 6.07) is 19.8. The number of benzene rings is 3. The zero-order valence-corrected chi connectivity index (χ0v) is 21.9. The van der Waals surface area contributed by atoms with E-state index in [9.17, 15) is 14.4 Å². The standard InChI is InChI=1S/C27H24IN3O5/c1-17-4-3-5-21(12-17)29-25(32)15-31-26(33)22(30-27(31)34)13-19-8-11-23(24(14-19)35-2)36-16-18-6-9-20(28)10-7-18/h3-14H,15-16H2,1-2H3,(H,29,32)(H,30,34)/b22-13+. The molecule has 0 atom stereocenters.